The van der Waals surface area contributed by atoms with Crippen LogP contribution in [0, 0.1) is 0 Å². The number of amides is 1. The number of para-hydroxylation sites is 2. The molecule has 0 bridgehead atoms. The minimum atomic E-state index is -0.596. The van der Waals surface area contributed by atoms with Crippen molar-refractivity contribution < 1.29 is 14.3 Å². The van der Waals surface area contributed by atoms with E-state index >= 15 is 0 Å². The van der Waals surface area contributed by atoms with E-state index in [0.29, 0.717) is 17.9 Å². The summed E-state index contributed by atoms with van der Waals surface area (Å²) in [5.74, 6) is 1.24. The minimum Gasteiger partial charge on any atom is -0.495 e. The molecule has 170 valence electrons. The number of anilines is 1. The summed E-state index contributed by atoms with van der Waals surface area (Å²) in [6.45, 7) is 15.4. The Hall–Kier alpha value is -2.49. The number of ether oxygens (including phenoxy) is 2. The Bertz CT molecular complexity index is 886. The van der Waals surface area contributed by atoms with Crippen molar-refractivity contribution in [1.29, 1.82) is 0 Å². The number of carbonyl (C=O) groups excluding carboxylic acids is 1. The molecule has 0 aliphatic rings. The molecule has 0 heterocycles. The molecule has 0 aliphatic carbocycles. The maximum absolute atomic E-state index is 13.0. The van der Waals surface area contributed by atoms with Crippen LogP contribution in [0.2, 0.25) is 0 Å². The van der Waals surface area contributed by atoms with Crippen molar-refractivity contribution in [1.82, 2.24) is 0 Å². The van der Waals surface area contributed by atoms with Crippen molar-refractivity contribution in [3.8, 4) is 11.5 Å². The fourth-order valence-electron chi connectivity index (χ4n) is 3.41. The van der Waals surface area contributed by atoms with E-state index in [1.54, 1.807) is 7.11 Å². The van der Waals surface area contributed by atoms with Gasteiger partial charge < -0.3 is 14.8 Å². The van der Waals surface area contributed by atoms with E-state index in [1.165, 1.54) is 5.56 Å². The summed E-state index contributed by atoms with van der Waals surface area (Å²) >= 11 is 0. The van der Waals surface area contributed by atoms with Gasteiger partial charge in [-0.2, -0.15) is 0 Å². The van der Waals surface area contributed by atoms with Crippen LogP contribution in [0.15, 0.2) is 42.5 Å². The lowest BCUT2D eigenvalue weighted by atomic mass is 9.76. The van der Waals surface area contributed by atoms with Crippen molar-refractivity contribution in [2.24, 2.45) is 0 Å². The van der Waals surface area contributed by atoms with E-state index in [4.69, 9.17) is 9.47 Å². The number of benzene rings is 2. The third-order valence-corrected chi connectivity index (χ3v) is 6.56. The molecule has 0 fully saturated rings. The van der Waals surface area contributed by atoms with Gasteiger partial charge in [0.1, 0.15) is 11.5 Å². The maximum Gasteiger partial charge on any atom is 0.265 e. The predicted molar refractivity (Wildman–Crippen MR) is 129 cm³/mol. The fourth-order valence-corrected chi connectivity index (χ4v) is 3.41. The molecule has 1 unspecified atom stereocenters. The molecule has 2 aromatic carbocycles. The predicted octanol–water partition coefficient (Wildman–Crippen LogP) is 6.87. The third-order valence-electron chi connectivity index (χ3n) is 6.56. The van der Waals surface area contributed by atoms with Crippen LogP contribution in [0.4, 0.5) is 5.69 Å². The first-order valence-corrected chi connectivity index (χ1v) is 11.3. The van der Waals surface area contributed by atoms with Crippen molar-refractivity contribution >= 4 is 11.6 Å². The van der Waals surface area contributed by atoms with Crippen LogP contribution in [0.3, 0.4) is 0 Å². The molecule has 1 atom stereocenters. The van der Waals surface area contributed by atoms with Crippen LogP contribution in [-0.4, -0.2) is 19.1 Å². The summed E-state index contributed by atoms with van der Waals surface area (Å²) < 4.78 is 11.7. The summed E-state index contributed by atoms with van der Waals surface area (Å²) in [6, 6.07) is 13.9. The van der Waals surface area contributed by atoms with Crippen LogP contribution in [-0.2, 0) is 15.6 Å². The average molecular weight is 426 g/mol. The molecular weight excluding hydrogens is 386 g/mol. The molecule has 31 heavy (non-hydrogen) atoms. The molecule has 0 saturated heterocycles. The standard InChI is InChI=1S/C27H39NO3/c1-9-22(25(29)28-21-14-12-13-15-24(21)30-8)31-23-17-16-19(26(4,5)10-2)18-20(23)27(6,7)11-3/h12-18,22H,9-11H2,1-8H3,(H,28,29). The van der Waals surface area contributed by atoms with Gasteiger partial charge in [-0.3, -0.25) is 4.79 Å². The molecule has 2 aromatic rings. The van der Waals surface area contributed by atoms with Gasteiger partial charge >= 0.3 is 0 Å². The van der Waals surface area contributed by atoms with Gasteiger partial charge in [-0.25, -0.2) is 0 Å². The lowest BCUT2D eigenvalue weighted by molar-refractivity contribution is -0.122. The zero-order valence-corrected chi connectivity index (χ0v) is 20.5. The second kappa shape index (κ2) is 10.2. The number of methoxy groups -OCH3 is 1. The number of carbonyl (C=O) groups is 1. The number of nitrogens with one attached hydrogen (secondary N) is 1. The van der Waals surface area contributed by atoms with Crippen LogP contribution in [0.25, 0.3) is 0 Å². The molecule has 4 heteroatoms. The molecular formula is C27H39NO3. The van der Waals surface area contributed by atoms with Gasteiger partial charge in [0.05, 0.1) is 12.8 Å². The van der Waals surface area contributed by atoms with E-state index < -0.39 is 6.10 Å². The topological polar surface area (TPSA) is 47.6 Å². The highest BCUT2D eigenvalue weighted by Gasteiger charge is 2.29. The van der Waals surface area contributed by atoms with Crippen molar-refractivity contribution in [3.63, 3.8) is 0 Å². The second-order valence-corrected chi connectivity index (χ2v) is 9.39. The van der Waals surface area contributed by atoms with Gasteiger partial charge in [-0.1, -0.05) is 72.7 Å². The lowest BCUT2D eigenvalue weighted by Crippen LogP contribution is -2.33. The smallest absolute Gasteiger partial charge is 0.265 e. The Kier molecular flexibility index (Phi) is 8.16. The van der Waals surface area contributed by atoms with Gasteiger partial charge in [-0.15, -0.1) is 0 Å². The fraction of sp³-hybridized carbons (Fsp3) is 0.519. The maximum atomic E-state index is 13.0. The lowest BCUT2D eigenvalue weighted by Gasteiger charge is -2.31. The van der Waals surface area contributed by atoms with Crippen LogP contribution >= 0.6 is 0 Å². The Morgan fingerprint density at radius 2 is 1.58 bits per heavy atom. The largest absolute Gasteiger partial charge is 0.495 e. The molecule has 0 aromatic heterocycles. The highest BCUT2D eigenvalue weighted by atomic mass is 16.5. The second-order valence-electron chi connectivity index (χ2n) is 9.39. The van der Waals surface area contributed by atoms with Gasteiger partial charge in [0, 0.05) is 5.56 Å². The summed E-state index contributed by atoms with van der Waals surface area (Å²) in [5, 5.41) is 2.96. The Morgan fingerprint density at radius 3 is 2.16 bits per heavy atom. The quantitative estimate of drug-likeness (QED) is 0.452. The van der Waals surface area contributed by atoms with Crippen molar-refractivity contribution in [3.05, 3.63) is 53.6 Å². The Balaban J connectivity index is 2.36. The summed E-state index contributed by atoms with van der Waals surface area (Å²) in [7, 11) is 1.59. The molecule has 0 saturated carbocycles. The zero-order valence-electron chi connectivity index (χ0n) is 20.5. The molecule has 4 nitrogen and oxygen atoms in total. The van der Waals surface area contributed by atoms with E-state index in [-0.39, 0.29) is 16.7 Å². The van der Waals surface area contributed by atoms with Crippen molar-refractivity contribution in [2.75, 3.05) is 12.4 Å². The molecule has 2 rings (SSSR count). The first-order chi connectivity index (χ1) is 14.6. The number of hydrogen-bond donors (Lipinski definition) is 1. The number of hydrogen-bond acceptors (Lipinski definition) is 3. The van der Waals surface area contributed by atoms with Gasteiger partial charge in [0.25, 0.3) is 5.91 Å². The van der Waals surface area contributed by atoms with Gasteiger partial charge in [0.2, 0.25) is 0 Å². The van der Waals surface area contributed by atoms with E-state index in [1.807, 2.05) is 37.3 Å². The SMILES string of the molecule is CCC(Oc1ccc(C(C)(C)CC)cc1C(C)(C)CC)C(=O)Nc1ccccc1OC. The summed E-state index contributed by atoms with van der Waals surface area (Å²) in [5.41, 5.74) is 3.11. The monoisotopic (exact) mass is 425 g/mol. The van der Waals surface area contributed by atoms with Gasteiger partial charge in [-0.05, 0) is 53.9 Å². The van der Waals surface area contributed by atoms with E-state index in [9.17, 15) is 4.79 Å². The van der Waals surface area contributed by atoms with E-state index in [0.717, 1.165) is 24.2 Å². The third kappa shape index (κ3) is 5.81. The molecule has 1 amide bonds. The molecule has 0 radical (unpaired) electrons. The summed E-state index contributed by atoms with van der Waals surface area (Å²) in [6.07, 6.45) is 2.00. The zero-order chi connectivity index (χ0) is 23.2. The van der Waals surface area contributed by atoms with Crippen LogP contribution < -0.4 is 14.8 Å². The first-order valence-electron chi connectivity index (χ1n) is 11.3. The highest BCUT2D eigenvalue weighted by molar-refractivity contribution is 5.95. The normalized spacial score (nSPS) is 12.9. The molecule has 0 spiro atoms. The molecule has 0 aliphatic heterocycles. The molecule has 1 N–H and O–H groups in total. The van der Waals surface area contributed by atoms with Crippen LogP contribution in [0.1, 0.15) is 78.9 Å². The Labute approximate surface area is 188 Å². The van der Waals surface area contributed by atoms with Gasteiger partial charge in [0.15, 0.2) is 6.10 Å². The summed E-state index contributed by atoms with van der Waals surface area (Å²) in [4.78, 5) is 13.0. The van der Waals surface area contributed by atoms with Crippen LogP contribution in [0.5, 0.6) is 11.5 Å². The number of rotatable bonds is 10. The first kappa shape index (κ1) is 24.8. The highest BCUT2D eigenvalue weighted by Crippen LogP contribution is 2.39. The Morgan fingerprint density at radius 1 is 0.935 bits per heavy atom. The van der Waals surface area contributed by atoms with Crippen molar-refractivity contribution in [2.45, 2.75) is 84.7 Å². The van der Waals surface area contributed by atoms with E-state index in [2.05, 4.69) is 59.0 Å². The minimum absolute atomic E-state index is 0.0629. The average Bonchev–Trinajstić information content (AvgIpc) is 2.77.